The van der Waals surface area contributed by atoms with Crippen LogP contribution in [0, 0.1) is 10.8 Å². The highest BCUT2D eigenvalue weighted by atomic mass is 16.5. The predicted molar refractivity (Wildman–Crippen MR) is 49.3 cm³/mol. The van der Waals surface area contributed by atoms with Crippen LogP contribution in [0.3, 0.4) is 0 Å². The number of esters is 1. The van der Waals surface area contributed by atoms with Gasteiger partial charge in [-0.15, -0.1) is 0 Å². The van der Waals surface area contributed by atoms with Gasteiger partial charge in [0.15, 0.2) is 0 Å². The molecule has 3 rings (SSSR count). The van der Waals surface area contributed by atoms with Crippen molar-refractivity contribution in [3.8, 4) is 0 Å². The number of methoxy groups -OCH3 is 1. The van der Waals surface area contributed by atoms with E-state index in [1.807, 2.05) is 0 Å². The molecule has 13 heavy (non-hydrogen) atoms. The fraction of sp³-hybridized carbons (Fsp3) is 0.900. The molecule has 2 aliphatic heterocycles. The molecule has 3 aliphatic rings. The highest BCUT2D eigenvalue weighted by molar-refractivity contribution is 5.79. The minimum atomic E-state index is -0.178. The lowest BCUT2D eigenvalue weighted by molar-refractivity contribution is -0.175. The highest BCUT2D eigenvalue weighted by Crippen LogP contribution is 2.58. The molecule has 74 valence electrons. The quantitative estimate of drug-likeness (QED) is 0.647. The third-order valence-corrected chi connectivity index (χ3v) is 3.76. The van der Waals surface area contributed by atoms with Crippen molar-refractivity contribution in [2.45, 2.75) is 26.2 Å². The first kappa shape index (κ1) is 9.00. The molecular formula is C10H17NO2. The number of hydrogen-bond donors (Lipinski definition) is 1. The van der Waals surface area contributed by atoms with Gasteiger partial charge in [0.1, 0.15) is 0 Å². The molecule has 0 aromatic rings. The summed E-state index contributed by atoms with van der Waals surface area (Å²) in [6.07, 6.45) is 3.21. The maximum atomic E-state index is 11.5. The van der Waals surface area contributed by atoms with Gasteiger partial charge in [0.2, 0.25) is 0 Å². The third kappa shape index (κ3) is 1.10. The zero-order valence-electron chi connectivity index (χ0n) is 8.35. The van der Waals surface area contributed by atoms with Gasteiger partial charge in [-0.05, 0) is 24.7 Å². The fourth-order valence-electron chi connectivity index (χ4n) is 3.01. The maximum Gasteiger partial charge on any atom is 0.313 e. The molecule has 3 nitrogen and oxygen atoms in total. The molecule has 1 N–H and O–H groups in total. The van der Waals surface area contributed by atoms with Crippen molar-refractivity contribution >= 4 is 5.97 Å². The number of piperidine rings is 2. The highest BCUT2D eigenvalue weighted by Gasteiger charge is 2.60. The maximum absolute atomic E-state index is 11.5. The number of rotatable bonds is 2. The molecule has 1 saturated carbocycles. The topological polar surface area (TPSA) is 38.3 Å². The summed E-state index contributed by atoms with van der Waals surface area (Å²) in [7, 11) is 1.48. The third-order valence-electron chi connectivity index (χ3n) is 3.76. The van der Waals surface area contributed by atoms with Crippen molar-refractivity contribution in [2.75, 3.05) is 20.2 Å². The Morgan fingerprint density at radius 3 is 2.69 bits per heavy atom. The van der Waals surface area contributed by atoms with Crippen molar-refractivity contribution in [2.24, 2.45) is 10.8 Å². The van der Waals surface area contributed by atoms with Gasteiger partial charge in [-0.25, -0.2) is 0 Å². The van der Waals surface area contributed by atoms with E-state index in [1.54, 1.807) is 0 Å². The summed E-state index contributed by atoms with van der Waals surface area (Å²) in [5.74, 6) is -0.0243. The van der Waals surface area contributed by atoms with E-state index in [0.29, 0.717) is 5.41 Å². The Bertz CT molecular complexity index is 231. The van der Waals surface area contributed by atoms with Gasteiger partial charge in [0.05, 0.1) is 12.5 Å². The molecule has 0 atom stereocenters. The van der Waals surface area contributed by atoms with Crippen LogP contribution >= 0.6 is 0 Å². The van der Waals surface area contributed by atoms with E-state index in [1.165, 1.54) is 13.5 Å². The lowest BCUT2D eigenvalue weighted by atomic mass is 9.49. The average molecular weight is 183 g/mol. The number of ether oxygens (including phenoxy) is 1. The molecule has 2 bridgehead atoms. The number of hydrogen-bond acceptors (Lipinski definition) is 3. The average Bonchev–Trinajstić information content (AvgIpc) is 2.15. The Hall–Kier alpha value is -0.570. The summed E-state index contributed by atoms with van der Waals surface area (Å²) in [6.45, 7) is 4.08. The Balaban J connectivity index is 2.10. The second kappa shape index (κ2) is 2.71. The van der Waals surface area contributed by atoms with Crippen LogP contribution < -0.4 is 5.32 Å². The lowest BCUT2D eigenvalue weighted by Gasteiger charge is -2.58. The smallest absolute Gasteiger partial charge is 0.313 e. The van der Waals surface area contributed by atoms with Crippen LogP contribution in [0.5, 0.6) is 0 Å². The molecule has 0 spiro atoms. The first-order valence-electron chi connectivity index (χ1n) is 4.96. The van der Waals surface area contributed by atoms with Gasteiger partial charge >= 0.3 is 5.97 Å². The first-order valence-corrected chi connectivity index (χ1v) is 4.96. The first-order chi connectivity index (χ1) is 6.16. The zero-order valence-corrected chi connectivity index (χ0v) is 8.35. The van der Waals surface area contributed by atoms with Crippen LogP contribution in [0.4, 0.5) is 0 Å². The van der Waals surface area contributed by atoms with Gasteiger partial charge in [-0.2, -0.15) is 0 Å². The summed E-state index contributed by atoms with van der Waals surface area (Å²) in [6, 6.07) is 0. The Kier molecular flexibility index (Phi) is 1.88. The van der Waals surface area contributed by atoms with Crippen molar-refractivity contribution in [3.05, 3.63) is 0 Å². The van der Waals surface area contributed by atoms with Crippen molar-refractivity contribution < 1.29 is 9.53 Å². The van der Waals surface area contributed by atoms with Crippen LogP contribution in [0.25, 0.3) is 0 Å². The van der Waals surface area contributed by atoms with Gasteiger partial charge in [-0.3, -0.25) is 4.79 Å². The van der Waals surface area contributed by atoms with Crippen LogP contribution in [0.1, 0.15) is 26.2 Å². The van der Waals surface area contributed by atoms with Crippen molar-refractivity contribution in [1.82, 2.24) is 5.32 Å². The van der Waals surface area contributed by atoms with Gasteiger partial charge in [-0.1, -0.05) is 6.92 Å². The molecular weight excluding hydrogens is 166 g/mol. The minimum Gasteiger partial charge on any atom is -0.469 e. The number of nitrogens with one attached hydrogen (secondary N) is 1. The number of carbonyl (C=O) groups is 1. The normalized spacial score (nSPS) is 42.3. The summed E-state index contributed by atoms with van der Waals surface area (Å²) in [5, 5.41) is 3.33. The second-order valence-corrected chi connectivity index (χ2v) is 4.58. The molecule has 0 unspecified atom stereocenters. The van der Waals surface area contributed by atoms with Gasteiger partial charge in [0, 0.05) is 13.1 Å². The molecule has 0 amide bonds. The minimum absolute atomic E-state index is 0.0243. The van der Waals surface area contributed by atoms with E-state index in [0.717, 1.165) is 25.9 Å². The van der Waals surface area contributed by atoms with Crippen LogP contribution in [-0.2, 0) is 9.53 Å². The van der Waals surface area contributed by atoms with Crippen molar-refractivity contribution in [1.29, 1.82) is 0 Å². The molecule has 3 fully saturated rings. The van der Waals surface area contributed by atoms with E-state index in [4.69, 9.17) is 4.74 Å². The van der Waals surface area contributed by atoms with E-state index < -0.39 is 0 Å². The number of carbonyl (C=O) groups excluding carboxylic acids is 1. The summed E-state index contributed by atoms with van der Waals surface area (Å²) in [4.78, 5) is 11.5. The van der Waals surface area contributed by atoms with Crippen LogP contribution in [0.2, 0.25) is 0 Å². The lowest BCUT2D eigenvalue weighted by Crippen LogP contribution is -2.64. The molecule has 0 aromatic carbocycles. The molecule has 0 radical (unpaired) electrons. The summed E-state index contributed by atoms with van der Waals surface area (Å²) >= 11 is 0. The van der Waals surface area contributed by atoms with Crippen molar-refractivity contribution in [3.63, 3.8) is 0 Å². The Morgan fingerprint density at radius 2 is 2.15 bits per heavy atom. The SMILES string of the molecule is CCC12CNCC(C(=O)OC)(C1)C2. The molecule has 2 saturated heterocycles. The van der Waals surface area contributed by atoms with Gasteiger partial charge in [0.25, 0.3) is 0 Å². The molecule has 2 heterocycles. The van der Waals surface area contributed by atoms with E-state index in [9.17, 15) is 4.79 Å². The Labute approximate surface area is 78.8 Å². The fourth-order valence-corrected chi connectivity index (χ4v) is 3.01. The molecule has 1 aliphatic carbocycles. The second-order valence-electron chi connectivity index (χ2n) is 4.58. The summed E-state index contributed by atoms with van der Waals surface area (Å²) in [5.41, 5.74) is 0.218. The molecule has 3 heteroatoms. The van der Waals surface area contributed by atoms with E-state index >= 15 is 0 Å². The largest absolute Gasteiger partial charge is 0.469 e. The monoisotopic (exact) mass is 183 g/mol. The van der Waals surface area contributed by atoms with Gasteiger partial charge < -0.3 is 10.1 Å². The Morgan fingerprint density at radius 1 is 1.46 bits per heavy atom. The van der Waals surface area contributed by atoms with Crippen LogP contribution in [-0.4, -0.2) is 26.2 Å². The zero-order chi connectivity index (χ0) is 9.53. The van der Waals surface area contributed by atoms with Crippen LogP contribution in [0.15, 0.2) is 0 Å². The molecule has 0 aromatic heterocycles. The van der Waals surface area contributed by atoms with E-state index in [2.05, 4.69) is 12.2 Å². The number of fused-ring (bicyclic) bond motifs is 2. The standard InChI is InChI=1S/C10H17NO2/c1-3-9-4-10(5-9,7-11-6-9)8(12)13-2/h11H,3-7H2,1-2H3. The summed E-state index contributed by atoms with van der Waals surface area (Å²) < 4.78 is 4.84. The van der Waals surface area contributed by atoms with E-state index in [-0.39, 0.29) is 11.4 Å². The predicted octanol–water partition coefficient (Wildman–Crippen LogP) is 0.939.